The zero-order valence-electron chi connectivity index (χ0n) is 17.5. The summed E-state index contributed by atoms with van der Waals surface area (Å²) in [6.45, 7) is 9.10. The molecule has 7 heteroatoms. The fraction of sp³-hybridized carbons (Fsp3) is 0.261. The number of nitrogens with zero attached hydrogens (tertiary/aromatic N) is 3. The van der Waals surface area contributed by atoms with E-state index in [1.54, 1.807) is 17.7 Å². The molecular formula is C23H24N4O2S. The first-order valence-corrected chi connectivity index (χ1v) is 10.8. The number of nitrogens with one attached hydrogen (secondary N) is 1. The van der Waals surface area contributed by atoms with Crippen LogP contribution in [0.25, 0.3) is 22.2 Å². The molecule has 0 aliphatic carbocycles. The van der Waals surface area contributed by atoms with Crippen molar-refractivity contribution < 1.29 is 9.47 Å². The highest BCUT2D eigenvalue weighted by atomic mass is 32.1. The third-order valence-electron chi connectivity index (χ3n) is 4.71. The van der Waals surface area contributed by atoms with Crippen LogP contribution in [0.2, 0.25) is 0 Å². The summed E-state index contributed by atoms with van der Waals surface area (Å²) in [6, 6.07) is 10.1. The van der Waals surface area contributed by atoms with Crippen LogP contribution in [0.4, 0.5) is 11.5 Å². The Bertz CT molecular complexity index is 1190. The Morgan fingerprint density at radius 2 is 1.73 bits per heavy atom. The van der Waals surface area contributed by atoms with Crippen molar-refractivity contribution in [2.24, 2.45) is 0 Å². The van der Waals surface area contributed by atoms with E-state index in [0.29, 0.717) is 24.7 Å². The first kappa shape index (κ1) is 20.1. The minimum atomic E-state index is 0.552. The molecule has 0 radical (unpaired) electrons. The molecule has 0 unspecified atom stereocenters. The Hall–Kier alpha value is -3.19. The van der Waals surface area contributed by atoms with E-state index in [9.17, 15) is 0 Å². The molecule has 2 aromatic heterocycles. The van der Waals surface area contributed by atoms with Gasteiger partial charge < -0.3 is 14.8 Å². The smallest absolute Gasteiger partial charge is 0.163 e. The topological polar surface area (TPSA) is 69.2 Å². The lowest BCUT2D eigenvalue weighted by Gasteiger charge is -2.15. The van der Waals surface area contributed by atoms with E-state index in [0.717, 1.165) is 44.2 Å². The van der Waals surface area contributed by atoms with Gasteiger partial charge in [0.25, 0.3) is 0 Å². The molecule has 0 spiro atoms. The number of ether oxygens (including phenoxy) is 2. The first-order valence-electron chi connectivity index (χ1n) is 9.93. The minimum absolute atomic E-state index is 0.552. The van der Waals surface area contributed by atoms with Gasteiger partial charge in [0.05, 0.1) is 29.4 Å². The Kier molecular flexibility index (Phi) is 5.81. The monoisotopic (exact) mass is 420 g/mol. The van der Waals surface area contributed by atoms with Crippen LogP contribution in [-0.2, 0) is 0 Å². The zero-order chi connectivity index (χ0) is 21.1. The third kappa shape index (κ3) is 4.07. The van der Waals surface area contributed by atoms with Gasteiger partial charge >= 0.3 is 0 Å². The van der Waals surface area contributed by atoms with Gasteiger partial charge in [0.15, 0.2) is 11.5 Å². The highest BCUT2D eigenvalue weighted by Gasteiger charge is 2.13. The SMILES string of the molecule is CCOc1cc2ncnc(Nc3cc(-c4csc(C)n4)ccc3C)c2cc1OCC. The second-order valence-corrected chi connectivity index (χ2v) is 7.87. The van der Waals surface area contributed by atoms with Crippen molar-refractivity contribution in [3.05, 3.63) is 52.6 Å². The maximum Gasteiger partial charge on any atom is 0.163 e. The van der Waals surface area contributed by atoms with Crippen molar-refractivity contribution in [1.82, 2.24) is 15.0 Å². The van der Waals surface area contributed by atoms with Gasteiger partial charge in [-0.05, 0) is 45.4 Å². The average Bonchev–Trinajstić information content (AvgIpc) is 3.17. The van der Waals surface area contributed by atoms with Crippen LogP contribution in [0, 0.1) is 13.8 Å². The summed E-state index contributed by atoms with van der Waals surface area (Å²) in [5, 5.41) is 7.48. The van der Waals surface area contributed by atoms with Crippen LogP contribution in [-0.4, -0.2) is 28.2 Å². The Morgan fingerprint density at radius 3 is 2.43 bits per heavy atom. The number of aromatic nitrogens is 3. The molecule has 0 saturated heterocycles. The molecular weight excluding hydrogens is 396 g/mol. The maximum atomic E-state index is 5.79. The van der Waals surface area contributed by atoms with Crippen molar-refractivity contribution in [3.63, 3.8) is 0 Å². The quantitative estimate of drug-likeness (QED) is 0.401. The van der Waals surface area contributed by atoms with Gasteiger partial charge in [-0.2, -0.15) is 0 Å². The first-order chi connectivity index (χ1) is 14.6. The van der Waals surface area contributed by atoms with E-state index in [1.807, 2.05) is 32.9 Å². The normalized spacial score (nSPS) is 10.9. The van der Waals surface area contributed by atoms with E-state index >= 15 is 0 Å². The van der Waals surface area contributed by atoms with Gasteiger partial charge in [0.2, 0.25) is 0 Å². The molecule has 0 fully saturated rings. The van der Waals surface area contributed by atoms with Gasteiger partial charge in [-0.15, -0.1) is 11.3 Å². The molecule has 0 amide bonds. The summed E-state index contributed by atoms with van der Waals surface area (Å²) in [7, 11) is 0. The number of fused-ring (bicyclic) bond motifs is 1. The number of aryl methyl sites for hydroxylation is 2. The molecule has 0 atom stereocenters. The Balaban J connectivity index is 1.76. The molecule has 0 aliphatic rings. The number of benzene rings is 2. The second-order valence-electron chi connectivity index (χ2n) is 6.81. The molecule has 6 nitrogen and oxygen atoms in total. The molecule has 154 valence electrons. The number of hydrogen-bond donors (Lipinski definition) is 1. The van der Waals surface area contributed by atoms with Crippen LogP contribution in [0.5, 0.6) is 11.5 Å². The van der Waals surface area contributed by atoms with Crippen molar-refractivity contribution in [1.29, 1.82) is 0 Å². The lowest BCUT2D eigenvalue weighted by atomic mass is 10.1. The summed E-state index contributed by atoms with van der Waals surface area (Å²) in [4.78, 5) is 13.5. The Morgan fingerprint density at radius 1 is 0.967 bits per heavy atom. The summed E-state index contributed by atoms with van der Waals surface area (Å²) in [6.07, 6.45) is 1.56. The van der Waals surface area contributed by atoms with E-state index in [4.69, 9.17) is 9.47 Å². The molecule has 2 heterocycles. The van der Waals surface area contributed by atoms with Crippen LogP contribution >= 0.6 is 11.3 Å². The summed E-state index contributed by atoms with van der Waals surface area (Å²) >= 11 is 1.65. The van der Waals surface area contributed by atoms with Crippen LogP contribution in [0.15, 0.2) is 42.0 Å². The predicted molar refractivity (Wildman–Crippen MR) is 122 cm³/mol. The van der Waals surface area contributed by atoms with E-state index < -0.39 is 0 Å². The fourth-order valence-electron chi connectivity index (χ4n) is 3.24. The van der Waals surface area contributed by atoms with Crippen molar-refractivity contribution in [2.75, 3.05) is 18.5 Å². The predicted octanol–water partition coefficient (Wildman–Crippen LogP) is 5.91. The fourth-order valence-corrected chi connectivity index (χ4v) is 3.86. The molecule has 1 N–H and O–H groups in total. The molecule has 4 rings (SSSR count). The number of thiazole rings is 1. The van der Waals surface area contributed by atoms with Crippen LogP contribution in [0.1, 0.15) is 24.4 Å². The summed E-state index contributed by atoms with van der Waals surface area (Å²) in [5.74, 6) is 2.10. The van der Waals surface area contributed by atoms with Crippen molar-refractivity contribution in [3.8, 4) is 22.8 Å². The van der Waals surface area contributed by atoms with Gasteiger partial charge in [-0.25, -0.2) is 15.0 Å². The van der Waals surface area contributed by atoms with Gasteiger partial charge in [-0.1, -0.05) is 12.1 Å². The van der Waals surface area contributed by atoms with Crippen molar-refractivity contribution in [2.45, 2.75) is 27.7 Å². The number of hydrogen-bond acceptors (Lipinski definition) is 7. The summed E-state index contributed by atoms with van der Waals surface area (Å²) in [5.41, 5.74) is 4.94. The maximum absolute atomic E-state index is 5.79. The van der Waals surface area contributed by atoms with E-state index in [2.05, 4.69) is 50.8 Å². The lowest BCUT2D eigenvalue weighted by molar-refractivity contribution is 0.288. The highest BCUT2D eigenvalue weighted by molar-refractivity contribution is 7.09. The third-order valence-corrected chi connectivity index (χ3v) is 5.48. The van der Waals surface area contributed by atoms with Gasteiger partial charge in [0, 0.05) is 28.1 Å². The molecule has 4 aromatic rings. The minimum Gasteiger partial charge on any atom is -0.490 e. The van der Waals surface area contributed by atoms with E-state index in [1.165, 1.54) is 0 Å². The molecule has 2 aromatic carbocycles. The zero-order valence-corrected chi connectivity index (χ0v) is 18.3. The molecule has 0 aliphatic heterocycles. The second kappa shape index (κ2) is 8.67. The van der Waals surface area contributed by atoms with Crippen LogP contribution < -0.4 is 14.8 Å². The molecule has 30 heavy (non-hydrogen) atoms. The molecule has 0 saturated carbocycles. The van der Waals surface area contributed by atoms with Gasteiger partial charge in [-0.3, -0.25) is 0 Å². The van der Waals surface area contributed by atoms with Gasteiger partial charge in [0.1, 0.15) is 12.1 Å². The molecule has 0 bridgehead atoms. The average molecular weight is 421 g/mol. The van der Waals surface area contributed by atoms with Crippen molar-refractivity contribution >= 4 is 33.7 Å². The highest BCUT2D eigenvalue weighted by Crippen LogP contribution is 2.36. The number of rotatable bonds is 7. The largest absolute Gasteiger partial charge is 0.490 e. The standard InChI is InChI=1S/C23H24N4O2S/c1-5-28-21-10-17-19(11-22(21)29-6-2)24-13-25-23(17)27-18-9-16(8-7-14(18)3)20-12-30-15(4)26-20/h7-13H,5-6H2,1-4H3,(H,24,25,27). The Labute approximate surface area is 179 Å². The van der Waals surface area contributed by atoms with Crippen LogP contribution in [0.3, 0.4) is 0 Å². The lowest BCUT2D eigenvalue weighted by Crippen LogP contribution is -2.01. The van der Waals surface area contributed by atoms with E-state index in [-0.39, 0.29) is 0 Å². The summed E-state index contributed by atoms with van der Waals surface area (Å²) < 4.78 is 11.5. The number of anilines is 2.